The van der Waals surface area contributed by atoms with Gasteiger partial charge in [0, 0.05) is 17.5 Å². The summed E-state index contributed by atoms with van der Waals surface area (Å²) in [6.07, 6.45) is 7.71. The average molecular weight is 269 g/mol. The summed E-state index contributed by atoms with van der Waals surface area (Å²) in [5.74, 6) is 0.121. The van der Waals surface area contributed by atoms with Crippen molar-refractivity contribution in [2.45, 2.75) is 52.0 Å². The zero-order chi connectivity index (χ0) is 13.2. The number of thiazole rings is 1. The quantitative estimate of drug-likeness (QED) is 0.675. The molecule has 0 aliphatic carbocycles. The van der Waals surface area contributed by atoms with Gasteiger partial charge in [-0.05, 0) is 25.8 Å². The van der Waals surface area contributed by atoms with Gasteiger partial charge < -0.3 is 11.1 Å². The summed E-state index contributed by atoms with van der Waals surface area (Å²) in [5.41, 5.74) is 5.41. The monoisotopic (exact) mass is 269 g/mol. The lowest BCUT2D eigenvalue weighted by Crippen LogP contribution is -2.22. The van der Waals surface area contributed by atoms with Crippen molar-refractivity contribution in [3.63, 3.8) is 0 Å². The van der Waals surface area contributed by atoms with Crippen molar-refractivity contribution in [1.29, 1.82) is 0 Å². The molecule has 0 bridgehead atoms. The summed E-state index contributed by atoms with van der Waals surface area (Å²) in [6.45, 7) is 3.42. The van der Waals surface area contributed by atoms with Crippen LogP contribution in [0.3, 0.4) is 0 Å². The van der Waals surface area contributed by atoms with E-state index in [0.29, 0.717) is 13.0 Å². The molecule has 0 fully saturated rings. The number of nitrogens with one attached hydrogen (secondary N) is 1. The zero-order valence-electron chi connectivity index (χ0n) is 11.1. The Balaban J connectivity index is 2.09. The van der Waals surface area contributed by atoms with Crippen LogP contribution in [0.4, 0.5) is 0 Å². The van der Waals surface area contributed by atoms with Gasteiger partial charge in [-0.1, -0.05) is 19.8 Å². The molecule has 1 amide bonds. The van der Waals surface area contributed by atoms with Crippen molar-refractivity contribution in [2.24, 2.45) is 5.73 Å². The lowest BCUT2D eigenvalue weighted by molar-refractivity contribution is -0.121. The highest BCUT2D eigenvalue weighted by Crippen LogP contribution is 2.12. The predicted octanol–water partition coefficient (Wildman–Crippen LogP) is 2.23. The van der Waals surface area contributed by atoms with Crippen LogP contribution in [0.5, 0.6) is 0 Å². The number of nitrogens with zero attached hydrogens (tertiary/aromatic N) is 1. The van der Waals surface area contributed by atoms with Gasteiger partial charge >= 0.3 is 0 Å². The number of carbonyl (C=O) groups is 1. The van der Waals surface area contributed by atoms with Gasteiger partial charge in [0.15, 0.2) is 0 Å². The van der Waals surface area contributed by atoms with Crippen molar-refractivity contribution in [3.05, 3.63) is 16.1 Å². The normalized spacial score (nSPS) is 10.6. The molecule has 0 atom stereocenters. The predicted molar refractivity (Wildman–Crippen MR) is 75.5 cm³/mol. The number of hydrogen-bond acceptors (Lipinski definition) is 4. The Morgan fingerprint density at radius 2 is 2.17 bits per heavy atom. The maximum absolute atomic E-state index is 11.6. The fourth-order valence-corrected chi connectivity index (χ4v) is 2.44. The number of amides is 1. The Bertz CT molecular complexity index is 352. The average Bonchev–Trinajstić information content (AvgIpc) is 2.84. The lowest BCUT2D eigenvalue weighted by Gasteiger charge is -2.03. The second kappa shape index (κ2) is 9.05. The molecule has 18 heavy (non-hydrogen) atoms. The molecule has 0 aliphatic rings. The molecule has 1 heterocycles. The second-order valence-electron chi connectivity index (χ2n) is 4.30. The molecule has 0 saturated heterocycles. The van der Waals surface area contributed by atoms with E-state index in [4.69, 9.17) is 5.73 Å². The molecule has 0 radical (unpaired) electrons. The molecule has 0 aromatic carbocycles. The van der Waals surface area contributed by atoms with E-state index in [1.807, 2.05) is 6.20 Å². The molecule has 0 saturated carbocycles. The van der Waals surface area contributed by atoms with Crippen molar-refractivity contribution in [1.82, 2.24) is 10.3 Å². The summed E-state index contributed by atoms with van der Waals surface area (Å²) in [5, 5.41) is 3.90. The third kappa shape index (κ3) is 6.12. The second-order valence-corrected chi connectivity index (χ2v) is 5.50. The van der Waals surface area contributed by atoms with Crippen LogP contribution in [0.15, 0.2) is 6.20 Å². The highest BCUT2D eigenvalue weighted by atomic mass is 32.1. The van der Waals surface area contributed by atoms with E-state index < -0.39 is 0 Å². The van der Waals surface area contributed by atoms with Crippen LogP contribution in [0.1, 0.15) is 48.9 Å². The number of aryl methyl sites for hydroxylation is 1. The molecule has 1 rings (SSSR count). The number of nitrogens with two attached hydrogens (primary N) is 1. The van der Waals surface area contributed by atoms with Crippen LogP contribution in [-0.2, 0) is 17.8 Å². The van der Waals surface area contributed by atoms with Gasteiger partial charge in [-0.3, -0.25) is 4.79 Å². The lowest BCUT2D eigenvalue weighted by atomic mass is 10.1. The van der Waals surface area contributed by atoms with E-state index in [0.717, 1.165) is 43.7 Å². The first-order valence-corrected chi connectivity index (χ1v) is 7.48. The SMILES string of the molecule is CCc1cnc(CNC(=O)CCCCCCN)s1. The molecule has 4 nitrogen and oxygen atoms in total. The van der Waals surface area contributed by atoms with E-state index in [1.54, 1.807) is 11.3 Å². The molecule has 1 aromatic heterocycles. The number of unbranched alkanes of at least 4 members (excludes halogenated alkanes) is 3. The number of aromatic nitrogens is 1. The Morgan fingerprint density at radius 3 is 2.83 bits per heavy atom. The summed E-state index contributed by atoms with van der Waals surface area (Å²) in [4.78, 5) is 17.1. The number of carbonyl (C=O) groups excluding carboxylic acids is 1. The minimum atomic E-state index is 0.121. The Kier molecular flexibility index (Phi) is 7.60. The van der Waals surface area contributed by atoms with Gasteiger partial charge in [-0.15, -0.1) is 11.3 Å². The summed E-state index contributed by atoms with van der Waals surface area (Å²) >= 11 is 1.67. The molecule has 1 aromatic rings. The zero-order valence-corrected chi connectivity index (χ0v) is 11.9. The van der Waals surface area contributed by atoms with Crippen LogP contribution in [-0.4, -0.2) is 17.4 Å². The minimum absolute atomic E-state index is 0.121. The molecular formula is C13H23N3OS. The summed E-state index contributed by atoms with van der Waals surface area (Å²) in [7, 11) is 0. The molecular weight excluding hydrogens is 246 g/mol. The van der Waals surface area contributed by atoms with Crippen LogP contribution < -0.4 is 11.1 Å². The summed E-state index contributed by atoms with van der Waals surface area (Å²) < 4.78 is 0. The smallest absolute Gasteiger partial charge is 0.220 e. The maximum Gasteiger partial charge on any atom is 0.220 e. The highest BCUT2D eigenvalue weighted by molar-refractivity contribution is 7.11. The van der Waals surface area contributed by atoms with Crippen LogP contribution in [0.2, 0.25) is 0 Å². The third-order valence-corrected chi connectivity index (χ3v) is 3.89. The molecule has 102 valence electrons. The van der Waals surface area contributed by atoms with Gasteiger partial charge in [-0.2, -0.15) is 0 Å². The van der Waals surface area contributed by atoms with Gasteiger partial charge in [0.1, 0.15) is 5.01 Å². The van der Waals surface area contributed by atoms with Crippen molar-refractivity contribution in [3.8, 4) is 0 Å². The van der Waals surface area contributed by atoms with Gasteiger partial charge in [0.25, 0.3) is 0 Å². The van der Waals surface area contributed by atoms with E-state index in [9.17, 15) is 4.79 Å². The van der Waals surface area contributed by atoms with E-state index in [-0.39, 0.29) is 5.91 Å². The van der Waals surface area contributed by atoms with Gasteiger partial charge in [0.05, 0.1) is 6.54 Å². The standard InChI is InChI=1S/C13H23N3OS/c1-2-11-9-16-13(18-11)10-15-12(17)7-5-3-4-6-8-14/h9H,2-8,10,14H2,1H3,(H,15,17). The molecule has 3 N–H and O–H groups in total. The van der Waals surface area contributed by atoms with E-state index >= 15 is 0 Å². The Morgan fingerprint density at radius 1 is 1.39 bits per heavy atom. The van der Waals surface area contributed by atoms with Crippen LogP contribution in [0, 0.1) is 0 Å². The Hall–Kier alpha value is -0.940. The first kappa shape index (κ1) is 15.1. The topological polar surface area (TPSA) is 68.0 Å². The molecule has 0 aliphatic heterocycles. The fraction of sp³-hybridized carbons (Fsp3) is 0.692. The first-order valence-electron chi connectivity index (χ1n) is 6.66. The number of hydrogen-bond donors (Lipinski definition) is 2. The Labute approximate surface area is 113 Å². The van der Waals surface area contributed by atoms with E-state index in [2.05, 4.69) is 17.2 Å². The maximum atomic E-state index is 11.6. The van der Waals surface area contributed by atoms with Crippen molar-refractivity contribution < 1.29 is 4.79 Å². The van der Waals surface area contributed by atoms with Gasteiger partial charge in [0.2, 0.25) is 5.91 Å². The van der Waals surface area contributed by atoms with Crippen molar-refractivity contribution >= 4 is 17.2 Å². The third-order valence-electron chi connectivity index (χ3n) is 2.74. The molecule has 0 unspecified atom stereocenters. The molecule has 5 heteroatoms. The van der Waals surface area contributed by atoms with E-state index in [1.165, 1.54) is 4.88 Å². The van der Waals surface area contributed by atoms with Crippen LogP contribution in [0.25, 0.3) is 0 Å². The number of rotatable bonds is 9. The van der Waals surface area contributed by atoms with Crippen LogP contribution >= 0.6 is 11.3 Å². The van der Waals surface area contributed by atoms with Gasteiger partial charge in [-0.25, -0.2) is 4.98 Å². The first-order chi connectivity index (χ1) is 8.76. The fourth-order valence-electron chi connectivity index (χ4n) is 1.64. The summed E-state index contributed by atoms with van der Waals surface area (Å²) in [6, 6.07) is 0. The minimum Gasteiger partial charge on any atom is -0.350 e. The molecule has 0 spiro atoms. The largest absolute Gasteiger partial charge is 0.350 e. The van der Waals surface area contributed by atoms with Crippen molar-refractivity contribution in [2.75, 3.05) is 6.54 Å². The highest BCUT2D eigenvalue weighted by Gasteiger charge is 2.04.